The van der Waals surface area contributed by atoms with E-state index in [1.165, 1.54) is 0 Å². The Morgan fingerprint density at radius 1 is 1.22 bits per heavy atom. The van der Waals surface area contributed by atoms with E-state index in [1.54, 1.807) is 24.0 Å². The molecule has 0 aliphatic rings. The van der Waals surface area contributed by atoms with Gasteiger partial charge < -0.3 is 5.32 Å². The number of aromatic nitrogens is 4. The van der Waals surface area contributed by atoms with Gasteiger partial charge in [0.15, 0.2) is 0 Å². The van der Waals surface area contributed by atoms with Gasteiger partial charge in [0.25, 0.3) is 0 Å². The largest absolute Gasteiger partial charge is 0.378 e. The SMILES string of the molecule is c1cc(NCc2nccs2)cc(-n2cnnc2)c1. The predicted molar refractivity (Wildman–Crippen MR) is 70.8 cm³/mol. The zero-order chi connectivity index (χ0) is 12.2. The van der Waals surface area contributed by atoms with Crippen LogP contribution in [0.1, 0.15) is 5.01 Å². The molecular weight excluding hydrogens is 246 g/mol. The van der Waals surface area contributed by atoms with Crippen LogP contribution in [0.3, 0.4) is 0 Å². The lowest BCUT2D eigenvalue weighted by atomic mass is 10.2. The average Bonchev–Trinajstić information content (AvgIpc) is 3.10. The van der Waals surface area contributed by atoms with Gasteiger partial charge in [-0.05, 0) is 18.2 Å². The first-order valence-electron chi connectivity index (χ1n) is 5.49. The summed E-state index contributed by atoms with van der Waals surface area (Å²) in [5.74, 6) is 0. The molecule has 0 bridgehead atoms. The van der Waals surface area contributed by atoms with E-state index in [9.17, 15) is 0 Å². The van der Waals surface area contributed by atoms with Crippen LogP contribution >= 0.6 is 11.3 Å². The van der Waals surface area contributed by atoms with Gasteiger partial charge in [-0.2, -0.15) is 0 Å². The smallest absolute Gasteiger partial charge is 0.123 e. The van der Waals surface area contributed by atoms with Gasteiger partial charge in [0, 0.05) is 17.3 Å². The van der Waals surface area contributed by atoms with Gasteiger partial charge in [-0.1, -0.05) is 6.07 Å². The maximum absolute atomic E-state index is 4.23. The molecule has 0 saturated heterocycles. The van der Waals surface area contributed by atoms with Gasteiger partial charge in [-0.25, -0.2) is 4.98 Å². The summed E-state index contributed by atoms with van der Waals surface area (Å²) in [6.45, 7) is 0.739. The van der Waals surface area contributed by atoms with Crippen LogP contribution in [0, 0.1) is 0 Å². The van der Waals surface area contributed by atoms with Gasteiger partial charge in [-0.3, -0.25) is 4.57 Å². The van der Waals surface area contributed by atoms with Crippen LogP contribution in [0.25, 0.3) is 5.69 Å². The van der Waals surface area contributed by atoms with Crippen molar-refractivity contribution >= 4 is 17.0 Å². The molecule has 0 atom stereocenters. The predicted octanol–water partition coefficient (Wildman–Crippen LogP) is 2.34. The minimum atomic E-state index is 0.739. The van der Waals surface area contributed by atoms with Crippen LogP contribution < -0.4 is 5.32 Å². The molecule has 2 heterocycles. The standard InChI is InChI=1S/C12H11N5S/c1-2-10(14-7-12-13-4-5-18-12)6-11(3-1)17-8-15-16-9-17/h1-6,8-9,14H,7H2. The van der Waals surface area contributed by atoms with Crippen molar-refractivity contribution in [2.45, 2.75) is 6.54 Å². The molecule has 0 radical (unpaired) electrons. The Bertz CT molecular complexity index is 603. The number of hydrogen-bond acceptors (Lipinski definition) is 5. The van der Waals surface area contributed by atoms with Gasteiger partial charge >= 0.3 is 0 Å². The number of benzene rings is 1. The average molecular weight is 257 g/mol. The van der Waals surface area contributed by atoms with E-state index in [0.717, 1.165) is 22.9 Å². The fourth-order valence-electron chi connectivity index (χ4n) is 1.63. The molecule has 3 rings (SSSR count). The molecule has 0 unspecified atom stereocenters. The maximum atomic E-state index is 4.23. The Labute approximate surface area is 108 Å². The van der Waals surface area contributed by atoms with Crippen molar-refractivity contribution in [1.29, 1.82) is 0 Å². The van der Waals surface area contributed by atoms with E-state index >= 15 is 0 Å². The molecule has 6 heteroatoms. The summed E-state index contributed by atoms with van der Waals surface area (Å²) in [5, 5.41) is 14.0. The number of thiazole rings is 1. The van der Waals surface area contributed by atoms with Crippen molar-refractivity contribution in [3.05, 3.63) is 53.5 Å². The zero-order valence-corrected chi connectivity index (χ0v) is 10.3. The maximum Gasteiger partial charge on any atom is 0.123 e. The van der Waals surface area contributed by atoms with E-state index in [4.69, 9.17) is 0 Å². The fraction of sp³-hybridized carbons (Fsp3) is 0.0833. The Morgan fingerprint density at radius 3 is 2.89 bits per heavy atom. The molecule has 5 nitrogen and oxygen atoms in total. The van der Waals surface area contributed by atoms with Crippen LogP contribution in [-0.2, 0) is 6.54 Å². The van der Waals surface area contributed by atoms with Crippen molar-refractivity contribution in [2.24, 2.45) is 0 Å². The molecule has 2 aromatic heterocycles. The zero-order valence-electron chi connectivity index (χ0n) is 9.52. The third-order valence-corrected chi connectivity index (χ3v) is 3.27. The van der Waals surface area contributed by atoms with Crippen LogP contribution in [0.15, 0.2) is 48.5 Å². The minimum Gasteiger partial charge on any atom is -0.378 e. The van der Waals surface area contributed by atoms with E-state index in [2.05, 4.69) is 26.6 Å². The summed E-state index contributed by atoms with van der Waals surface area (Å²) in [5.41, 5.74) is 2.08. The van der Waals surface area contributed by atoms with Crippen molar-refractivity contribution in [1.82, 2.24) is 19.7 Å². The first-order valence-corrected chi connectivity index (χ1v) is 6.37. The second kappa shape index (κ2) is 4.97. The Hall–Kier alpha value is -2.21. The topological polar surface area (TPSA) is 55.6 Å². The van der Waals surface area contributed by atoms with Crippen LogP contribution in [-0.4, -0.2) is 19.7 Å². The Balaban J connectivity index is 1.75. The van der Waals surface area contributed by atoms with Gasteiger partial charge in [-0.15, -0.1) is 21.5 Å². The van der Waals surface area contributed by atoms with E-state index < -0.39 is 0 Å². The second-order valence-corrected chi connectivity index (χ2v) is 4.68. The molecule has 0 aliphatic heterocycles. The normalized spacial score (nSPS) is 10.4. The third kappa shape index (κ3) is 2.38. The van der Waals surface area contributed by atoms with Crippen LogP contribution in [0.5, 0.6) is 0 Å². The molecule has 3 aromatic rings. The first kappa shape index (κ1) is 10.9. The molecule has 0 fully saturated rings. The highest BCUT2D eigenvalue weighted by Gasteiger charge is 1.99. The number of nitrogens with one attached hydrogen (secondary N) is 1. The molecular formula is C12H11N5S. The Morgan fingerprint density at radius 2 is 2.11 bits per heavy atom. The lowest BCUT2D eigenvalue weighted by Crippen LogP contribution is -1.99. The highest BCUT2D eigenvalue weighted by Crippen LogP contribution is 2.15. The van der Waals surface area contributed by atoms with E-state index in [0.29, 0.717) is 0 Å². The number of nitrogens with zero attached hydrogens (tertiary/aromatic N) is 4. The molecule has 18 heavy (non-hydrogen) atoms. The van der Waals surface area contributed by atoms with Gasteiger partial charge in [0.05, 0.1) is 12.2 Å². The highest BCUT2D eigenvalue weighted by molar-refractivity contribution is 7.09. The van der Waals surface area contributed by atoms with Crippen LogP contribution in [0.2, 0.25) is 0 Å². The van der Waals surface area contributed by atoms with E-state index in [-0.39, 0.29) is 0 Å². The van der Waals surface area contributed by atoms with Crippen LogP contribution in [0.4, 0.5) is 5.69 Å². The molecule has 90 valence electrons. The molecule has 1 aromatic carbocycles. The number of rotatable bonds is 4. The molecule has 0 aliphatic carbocycles. The molecule has 0 saturated carbocycles. The Kier molecular flexibility index (Phi) is 3.01. The summed E-state index contributed by atoms with van der Waals surface area (Å²) in [7, 11) is 0. The first-order chi connectivity index (χ1) is 8.92. The summed E-state index contributed by atoms with van der Waals surface area (Å²) < 4.78 is 1.87. The fourth-order valence-corrected chi connectivity index (χ4v) is 2.18. The lowest BCUT2D eigenvalue weighted by Gasteiger charge is -2.07. The van der Waals surface area contributed by atoms with Crippen molar-refractivity contribution < 1.29 is 0 Å². The third-order valence-electron chi connectivity index (χ3n) is 2.49. The lowest BCUT2D eigenvalue weighted by molar-refractivity contribution is 1.05. The molecule has 0 amide bonds. The van der Waals surface area contributed by atoms with Crippen molar-refractivity contribution in [2.75, 3.05) is 5.32 Å². The summed E-state index contributed by atoms with van der Waals surface area (Å²) >= 11 is 1.65. The highest BCUT2D eigenvalue weighted by atomic mass is 32.1. The quantitative estimate of drug-likeness (QED) is 0.779. The van der Waals surface area contributed by atoms with Gasteiger partial charge in [0.1, 0.15) is 17.7 Å². The summed E-state index contributed by atoms with van der Waals surface area (Å²) in [4.78, 5) is 4.23. The second-order valence-electron chi connectivity index (χ2n) is 3.70. The summed E-state index contributed by atoms with van der Waals surface area (Å²) in [6.07, 6.45) is 5.18. The van der Waals surface area contributed by atoms with Crippen molar-refractivity contribution in [3.63, 3.8) is 0 Å². The van der Waals surface area contributed by atoms with Gasteiger partial charge in [0.2, 0.25) is 0 Å². The van der Waals surface area contributed by atoms with Crippen molar-refractivity contribution in [3.8, 4) is 5.69 Å². The summed E-state index contributed by atoms with van der Waals surface area (Å²) in [6, 6.07) is 8.09. The molecule has 1 N–H and O–H groups in total. The number of anilines is 1. The number of hydrogen-bond donors (Lipinski definition) is 1. The monoisotopic (exact) mass is 257 g/mol. The molecule has 0 spiro atoms. The minimum absolute atomic E-state index is 0.739. The van der Waals surface area contributed by atoms with E-state index in [1.807, 2.05) is 34.3 Å².